The van der Waals surface area contributed by atoms with Gasteiger partial charge in [-0.05, 0) is 78.3 Å². The lowest BCUT2D eigenvalue weighted by molar-refractivity contribution is 0.390. The molecule has 1 fully saturated rings. The molecule has 1 aliphatic heterocycles. The maximum absolute atomic E-state index is 6.34. The number of hydrogen-bond donors (Lipinski definition) is 0. The topological polar surface area (TPSA) is 29.0 Å². The number of rotatable bonds is 2. The van der Waals surface area contributed by atoms with E-state index in [0.29, 0.717) is 0 Å². The lowest BCUT2D eigenvalue weighted by Crippen LogP contribution is -2.36. The lowest BCUT2D eigenvalue weighted by Gasteiger charge is -2.32. The molecule has 1 aliphatic carbocycles. The molecule has 2 aliphatic rings. The summed E-state index contributed by atoms with van der Waals surface area (Å²) >= 11 is 12.1. The largest absolute Gasteiger partial charge is 0.365 e. The average Bonchev–Trinajstić information content (AvgIpc) is 2.96. The van der Waals surface area contributed by atoms with Crippen LogP contribution in [-0.4, -0.2) is 32.9 Å². The molecule has 3 nitrogen and oxygen atoms in total. The molecular weight excluding hydrogens is 422 g/mol. The van der Waals surface area contributed by atoms with Gasteiger partial charge in [-0.3, -0.25) is 9.97 Å². The summed E-state index contributed by atoms with van der Waals surface area (Å²) in [6, 6.07) is 14.7. The molecule has 2 aromatic heterocycles. The molecule has 0 spiro atoms. The third-order valence-electron chi connectivity index (χ3n) is 6.31. The van der Waals surface area contributed by atoms with Crippen molar-refractivity contribution in [1.29, 1.82) is 0 Å². The van der Waals surface area contributed by atoms with E-state index in [1.54, 1.807) is 0 Å². The van der Waals surface area contributed by atoms with Crippen molar-refractivity contribution in [3.63, 3.8) is 0 Å². The van der Waals surface area contributed by atoms with Crippen LogP contribution in [-0.2, 0) is 19.3 Å². The van der Waals surface area contributed by atoms with Crippen molar-refractivity contribution in [3.8, 4) is 0 Å². The summed E-state index contributed by atoms with van der Waals surface area (Å²) in [6.07, 6.45) is 10.4. The van der Waals surface area contributed by atoms with Crippen LogP contribution < -0.4 is 0 Å². The molecule has 3 heterocycles. The van der Waals surface area contributed by atoms with Crippen LogP contribution in [0.15, 0.2) is 66.6 Å². The second-order valence-corrected chi connectivity index (χ2v) is 9.11. The van der Waals surface area contributed by atoms with E-state index >= 15 is 0 Å². The summed E-state index contributed by atoms with van der Waals surface area (Å²) < 4.78 is 0. The van der Waals surface area contributed by atoms with E-state index < -0.39 is 0 Å². The molecule has 0 atom stereocenters. The molecule has 5 heteroatoms. The van der Waals surface area contributed by atoms with Crippen molar-refractivity contribution in [2.75, 3.05) is 13.1 Å². The summed E-state index contributed by atoms with van der Waals surface area (Å²) in [5.74, 6) is 0. The van der Waals surface area contributed by atoms with Gasteiger partial charge in [0.25, 0.3) is 0 Å². The number of benzene rings is 1. The highest BCUT2D eigenvalue weighted by molar-refractivity contribution is 7.80. The first-order valence-corrected chi connectivity index (χ1v) is 11.6. The SMILES string of the molecule is S=C(Cc1ccncc1)N1CCC(=C2c3ccc(Cl)cc3CCc3cccnc32)CC1. The molecule has 0 bridgehead atoms. The maximum atomic E-state index is 6.34. The number of nitrogens with zero attached hydrogens (tertiary/aromatic N) is 3. The summed E-state index contributed by atoms with van der Waals surface area (Å²) in [7, 11) is 0. The minimum Gasteiger partial charge on any atom is -0.365 e. The Bertz CT molecular complexity index is 1150. The molecule has 31 heavy (non-hydrogen) atoms. The van der Waals surface area contributed by atoms with Gasteiger partial charge in [-0.2, -0.15) is 0 Å². The molecule has 1 aromatic carbocycles. The van der Waals surface area contributed by atoms with E-state index in [1.807, 2.05) is 42.9 Å². The van der Waals surface area contributed by atoms with Crippen LogP contribution in [0.1, 0.15) is 40.8 Å². The van der Waals surface area contributed by atoms with Crippen molar-refractivity contribution < 1.29 is 0 Å². The Hall–Kier alpha value is -2.56. The van der Waals surface area contributed by atoms with Crippen molar-refractivity contribution in [3.05, 3.63) is 99.6 Å². The van der Waals surface area contributed by atoms with Crippen molar-refractivity contribution in [2.24, 2.45) is 0 Å². The van der Waals surface area contributed by atoms with Crippen LogP contribution in [0.3, 0.4) is 0 Å². The van der Waals surface area contributed by atoms with Gasteiger partial charge in [0.2, 0.25) is 0 Å². The van der Waals surface area contributed by atoms with Gasteiger partial charge in [-0.25, -0.2) is 0 Å². The lowest BCUT2D eigenvalue weighted by atomic mass is 9.88. The van der Waals surface area contributed by atoms with Crippen LogP contribution >= 0.6 is 23.8 Å². The Balaban J connectivity index is 1.45. The van der Waals surface area contributed by atoms with Crippen LogP contribution in [0.25, 0.3) is 5.57 Å². The predicted molar refractivity (Wildman–Crippen MR) is 130 cm³/mol. The number of piperidine rings is 1. The molecule has 0 radical (unpaired) electrons. The van der Waals surface area contributed by atoms with E-state index in [2.05, 4.69) is 28.1 Å². The highest BCUT2D eigenvalue weighted by atomic mass is 35.5. The molecule has 156 valence electrons. The zero-order valence-electron chi connectivity index (χ0n) is 17.4. The van der Waals surface area contributed by atoms with Gasteiger partial charge in [-0.15, -0.1) is 0 Å². The van der Waals surface area contributed by atoms with Gasteiger partial charge in [0, 0.05) is 48.7 Å². The summed E-state index contributed by atoms with van der Waals surface area (Å²) in [5.41, 5.74) is 9.11. The van der Waals surface area contributed by atoms with E-state index in [4.69, 9.17) is 28.8 Å². The Morgan fingerprint density at radius 1 is 0.935 bits per heavy atom. The number of likely N-dealkylation sites (tertiary alicyclic amines) is 1. The van der Waals surface area contributed by atoms with Gasteiger partial charge in [0.15, 0.2) is 0 Å². The summed E-state index contributed by atoms with van der Waals surface area (Å²) in [6.45, 7) is 1.90. The molecule has 0 amide bonds. The van der Waals surface area contributed by atoms with Crippen molar-refractivity contribution in [1.82, 2.24) is 14.9 Å². The maximum Gasteiger partial charge on any atom is 0.0823 e. The van der Waals surface area contributed by atoms with Crippen LogP contribution in [0, 0.1) is 0 Å². The third-order valence-corrected chi connectivity index (χ3v) is 6.94. The zero-order valence-corrected chi connectivity index (χ0v) is 18.9. The highest BCUT2D eigenvalue weighted by Gasteiger charge is 2.25. The quantitative estimate of drug-likeness (QED) is 0.473. The predicted octanol–water partition coefficient (Wildman–Crippen LogP) is 5.70. The van der Waals surface area contributed by atoms with Crippen molar-refractivity contribution >= 4 is 34.4 Å². The average molecular weight is 446 g/mol. The van der Waals surface area contributed by atoms with E-state index in [0.717, 1.165) is 60.9 Å². The van der Waals surface area contributed by atoms with Crippen molar-refractivity contribution in [2.45, 2.75) is 32.1 Å². The van der Waals surface area contributed by atoms with Crippen LogP contribution in [0.5, 0.6) is 0 Å². The second-order valence-electron chi connectivity index (χ2n) is 8.20. The number of halogens is 1. The smallest absolute Gasteiger partial charge is 0.0823 e. The Labute approximate surface area is 193 Å². The van der Waals surface area contributed by atoms with Crippen LogP contribution in [0.2, 0.25) is 5.02 Å². The summed E-state index contributed by atoms with van der Waals surface area (Å²) in [5, 5.41) is 0.804. The van der Waals surface area contributed by atoms with E-state index in [-0.39, 0.29) is 0 Å². The fourth-order valence-corrected chi connectivity index (χ4v) is 5.24. The van der Waals surface area contributed by atoms with Gasteiger partial charge < -0.3 is 4.90 Å². The minimum absolute atomic E-state index is 0.801. The first-order valence-electron chi connectivity index (χ1n) is 10.8. The molecule has 0 unspecified atom stereocenters. The van der Waals surface area contributed by atoms with Gasteiger partial charge >= 0.3 is 0 Å². The molecule has 0 saturated carbocycles. The Morgan fingerprint density at radius 3 is 2.52 bits per heavy atom. The molecule has 3 aromatic rings. The van der Waals surface area contributed by atoms with E-state index in [9.17, 15) is 0 Å². The Morgan fingerprint density at radius 2 is 1.71 bits per heavy atom. The highest BCUT2D eigenvalue weighted by Crippen LogP contribution is 2.38. The monoisotopic (exact) mass is 445 g/mol. The molecule has 5 rings (SSSR count). The first-order chi connectivity index (χ1) is 15.2. The molecular formula is C26H24ClN3S. The number of hydrogen-bond acceptors (Lipinski definition) is 3. The fraction of sp³-hybridized carbons (Fsp3) is 0.269. The third kappa shape index (κ3) is 4.28. The second kappa shape index (κ2) is 8.89. The van der Waals surface area contributed by atoms with Gasteiger partial charge in [0.05, 0.1) is 10.7 Å². The molecule has 1 saturated heterocycles. The normalized spacial score (nSPS) is 15.8. The summed E-state index contributed by atoms with van der Waals surface area (Å²) in [4.78, 5) is 12.3. The number of aryl methyl sites for hydroxylation is 2. The van der Waals surface area contributed by atoms with E-state index in [1.165, 1.54) is 33.4 Å². The first kappa shape index (κ1) is 20.3. The van der Waals surface area contributed by atoms with Gasteiger partial charge in [0.1, 0.15) is 0 Å². The standard InChI is InChI=1S/C26H24ClN3S/c27-22-5-6-23-21(17-22)4-3-20-2-1-11-29-26(20)25(23)19-9-14-30(15-10-19)24(31)16-18-7-12-28-13-8-18/h1-2,5-8,11-13,17H,3-4,9-10,14-16H2. The zero-order chi connectivity index (χ0) is 21.2. The minimum atomic E-state index is 0.801. The Kier molecular flexibility index (Phi) is 5.84. The van der Waals surface area contributed by atoms with Gasteiger partial charge in [-0.1, -0.05) is 41.5 Å². The fourth-order valence-electron chi connectivity index (χ4n) is 4.70. The number of aromatic nitrogens is 2. The number of fused-ring (bicyclic) bond motifs is 2. The number of thiocarbonyl (C=S) groups is 1. The number of pyridine rings is 2. The molecule has 0 N–H and O–H groups in total. The van der Waals surface area contributed by atoms with Crippen LogP contribution in [0.4, 0.5) is 0 Å².